The van der Waals surface area contributed by atoms with Crippen LogP contribution in [0, 0.1) is 0 Å². The van der Waals surface area contributed by atoms with E-state index in [0.29, 0.717) is 22.0 Å². The summed E-state index contributed by atoms with van der Waals surface area (Å²) in [6.07, 6.45) is 17.2. The van der Waals surface area contributed by atoms with Crippen molar-refractivity contribution in [3.8, 4) is 0 Å². The predicted molar refractivity (Wildman–Crippen MR) is 103 cm³/mol. The summed E-state index contributed by atoms with van der Waals surface area (Å²) in [5, 5.41) is 1.15. The first-order chi connectivity index (χ1) is 11.3. The minimum atomic E-state index is -0.150. The smallest absolute Gasteiger partial charge is 0.209 e. The van der Waals surface area contributed by atoms with Gasteiger partial charge in [-0.15, -0.1) is 0 Å². The van der Waals surface area contributed by atoms with Crippen LogP contribution in [0.15, 0.2) is 0 Å². The predicted octanol–water partition coefficient (Wildman–Crippen LogP) is 5.43. The Labute approximate surface area is 150 Å². The molecule has 2 nitrogen and oxygen atoms in total. The van der Waals surface area contributed by atoms with Crippen LogP contribution >= 0.6 is 23.5 Å². The third-order valence-electron chi connectivity index (χ3n) is 5.04. The first-order valence-corrected chi connectivity index (χ1v) is 11.6. The molecule has 0 spiro atoms. The molecule has 2 atom stereocenters. The minimum absolute atomic E-state index is 0.150. The Bertz CT molecular complexity index is 336. The lowest BCUT2D eigenvalue weighted by Crippen LogP contribution is -2.18. The largest absolute Gasteiger partial charge is 0.290 e. The maximum atomic E-state index is 11.9. The van der Waals surface area contributed by atoms with Crippen LogP contribution in [0.3, 0.4) is 0 Å². The fourth-order valence-electron chi connectivity index (χ4n) is 3.54. The number of hydrogen-bond donors (Lipinski definition) is 0. The van der Waals surface area contributed by atoms with Crippen molar-refractivity contribution in [2.75, 3.05) is 11.5 Å². The lowest BCUT2D eigenvalue weighted by Gasteiger charge is -2.21. The molecule has 23 heavy (non-hydrogen) atoms. The van der Waals surface area contributed by atoms with E-state index < -0.39 is 0 Å². The molecule has 132 valence electrons. The van der Waals surface area contributed by atoms with Crippen LogP contribution in [0.4, 0.5) is 0 Å². The number of carbonyl (C=O) groups is 2. The Hall–Kier alpha value is 0.0400. The van der Waals surface area contributed by atoms with Gasteiger partial charge in [-0.2, -0.15) is 23.5 Å². The average Bonchev–Trinajstić information content (AvgIpc) is 2.60. The number of fused-ring (bicyclic) bond motifs is 2. The van der Waals surface area contributed by atoms with Gasteiger partial charge in [0.2, 0.25) is 11.6 Å². The number of thioether (sulfide) groups is 2. The van der Waals surface area contributed by atoms with E-state index in [4.69, 9.17) is 0 Å². The van der Waals surface area contributed by atoms with Crippen LogP contribution in [-0.4, -0.2) is 33.6 Å². The summed E-state index contributed by atoms with van der Waals surface area (Å²) in [7, 11) is 0. The Morgan fingerprint density at radius 1 is 0.565 bits per heavy atom. The summed E-state index contributed by atoms with van der Waals surface area (Å²) in [6.45, 7) is 0. The van der Waals surface area contributed by atoms with Gasteiger partial charge in [-0.1, -0.05) is 64.2 Å². The Kier molecular flexibility index (Phi) is 9.74. The highest BCUT2D eigenvalue weighted by atomic mass is 32.2. The van der Waals surface area contributed by atoms with Crippen molar-refractivity contribution in [1.82, 2.24) is 0 Å². The average molecular weight is 357 g/mol. The molecule has 2 bridgehead atoms. The number of ketones is 2. The van der Waals surface area contributed by atoms with Crippen molar-refractivity contribution >= 4 is 35.1 Å². The second-order valence-corrected chi connectivity index (χ2v) is 9.64. The number of rotatable bonds is 0. The molecule has 2 fully saturated rings. The van der Waals surface area contributed by atoms with Crippen molar-refractivity contribution in [2.24, 2.45) is 0 Å². The molecule has 0 N–H and O–H groups in total. The molecule has 2 rings (SSSR count). The molecule has 2 unspecified atom stereocenters. The van der Waals surface area contributed by atoms with Crippen molar-refractivity contribution < 1.29 is 9.59 Å². The van der Waals surface area contributed by atoms with Crippen LogP contribution < -0.4 is 0 Å². The van der Waals surface area contributed by atoms with Gasteiger partial charge in [-0.05, 0) is 19.3 Å². The van der Waals surface area contributed by atoms with Gasteiger partial charge in [-0.3, -0.25) is 9.59 Å². The number of carbonyl (C=O) groups excluding carboxylic acids is 2. The summed E-state index contributed by atoms with van der Waals surface area (Å²) in [6, 6.07) is 0. The van der Waals surface area contributed by atoms with E-state index in [1.807, 2.05) is 0 Å². The summed E-state index contributed by atoms with van der Waals surface area (Å²) in [5.41, 5.74) is 0. The van der Waals surface area contributed by atoms with E-state index in [-0.39, 0.29) is 11.6 Å². The standard InChI is InChI=1S/C19H32O2S2/c20-18-14-22-16-11-9-7-5-3-1-2-4-6-8-10-12-17(13-16)23-15-19(18)21/h16-17H,1-15H2. The minimum Gasteiger partial charge on any atom is -0.290 e. The van der Waals surface area contributed by atoms with Crippen molar-refractivity contribution in [2.45, 2.75) is 94.0 Å². The number of hydrogen-bond acceptors (Lipinski definition) is 4. The zero-order chi connectivity index (χ0) is 16.3. The number of Topliss-reactive ketones (excluding diaryl/α,β-unsaturated/α-hetero) is 2. The van der Waals surface area contributed by atoms with Gasteiger partial charge >= 0.3 is 0 Å². The van der Waals surface area contributed by atoms with Gasteiger partial charge in [0, 0.05) is 10.5 Å². The monoisotopic (exact) mass is 356 g/mol. The maximum Gasteiger partial charge on any atom is 0.209 e. The summed E-state index contributed by atoms with van der Waals surface area (Å²) >= 11 is 3.52. The first-order valence-electron chi connectivity index (χ1n) is 9.55. The highest BCUT2D eigenvalue weighted by molar-refractivity contribution is 8.02. The van der Waals surface area contributed by atoms with Crippen LogP contribution in [-0.2, 0) is 9.59 Å². The van der Waals surface area contributed by atoms with Crippen molar-refractivity contribution in [3.05, 3.63) is 0 Å². The second-order valence-electron chi connectivity index (χ2n) is 7.06. The van der Waals surface area contributed by atoms with Gasteiger partial charge in [0.05, 0.1) is 11.5 Å². The molecule has 1 aliphatic carbocycles. The lowest BCUT2D eigenvalue weighted by atomic mass is 10.0. The third kappa shape index (κ3) is 8.11. The lowest BCUT2D eigenvalue weighted by molar-refractivity contribution is -0.133. The maximum absolute atomic E-state index is 11.9. The molecule has 1 heterocycles. The molecule has 1 saturated carbocycles. The normalized spacial score (nSPS) is 30.4. The van der Waals surface area contributed by atoms with E-state index in [9.17, 15) is 9.59 Å². The zero-order valence-electron chi connectivity index (χ0n) is 14.4. The SMILES string of the molecule is O=C1CSC2CCCCCCCCCCCCC(C2)SCC1=O. The highest BCUT2D eigenvalue weighted by Crippen LogP contribution is 2.32. The molecule has 1 aliphatic heterocycles. The van der Waals surface area contributed by atoms with Crippen LogP contribution in [0.1, 0.15) is 83.5 Å². The zero-order valence-corrected chi connectivity index (χ0v) is 16.0. The van der Waals surface area contributed by atoms with E-state index in [2.05, 4.69) is 0 Å². The van der Waals surface area contributed by atoms with Crippen molar-refractivity contribution in [3.63, 3.8) is 0 Å². The fraction of sp³-hybridized carbons (Fsp3) is 0.895. The quantitative estimate of drug-likeness (QED) is 0.542. The fourth-order valence-corrected chi connectivity index (χ4v) is 6.16. The Morgan fingerprint density at radius 2 is 0.913 bits per heavy atom. The van der Waals surface area contributed by atoms with Crippen LogP contribution in [0.5, 0.6) is 0 Å². The molecule has 0 radical (unpaired) electrons. The Balaban J connectivity index is 1.92. The van der Waals surface area contributed by atoms with Crippen LogP contribution in [0.25, 0.3) is 0 Å². The Morgan fingerprint density at radius 3 is 1.30 bits per heavy atom. The summed E-state index contributed by atoms with van der Waals surface area (Å²) in [5.74, 6) is 0.526. The van der Waals surface area contributed by atoms with Gasteiger partial charge < -0.3 is 0 Å². The van der Waals surface area contributed by atoms with Crippen LogP contribution in [0.2, 0.25) is 0 Å². The molecule has 0 amide bonds. The molecular weight excluding hydrogens is 324 g/mol. The van der Waals surface area contributed by atoms with Gasteiger partial charge in [0.25, 0.3) is 0 Å². The van der Waals surface area contributed by atoms with E-state index >= 15 is 0 Å². The highest BCUT2D eigenvalue weighted by Gasteiger charge is 2.24. The molecule has 4 heteroatoms. The van der Waals surface area contributed by atoms with E-state index in [1.165, 1.54) is 83.5 Å². The van der Waals surface area contributed by atoms with Gasteiger partial charge in [0.15, 0.2) is 0 Å². The molecule has 1 saturated heterocycles. The third-order valence-corrected chi connectivity index (χ3v) is 7.70. The molecular formula is C19H32O2S2. The van der Waals surface area contributed by atoms with E-state index in [1.54, 1.807) is 23.5 Å². The topological polar surface area (TPSA) is 34.1 Å². The summed E-state index contributed by atoms with van der Waals surface area (Å²) < 4.78 is 0. The van der Waals surface area contributed by atoms with Gasteiger partial charge in [0.1, 0.15) is 0 Å². The molecule has 2 aliphatic rings. The van der Waals surface area contributed by atoms with Gasteiger partial charge in [-0.25, -0.2) is 0 Å². The summed E-state index contributed by atoms with van der Waals surface area (Å²) in [4.78, 5) is 23.7. The van der Waals surface area contributed by atoms with E-state index in [0.717, 1.165) is 0 Å². The van der Waals surface area contributed by atoms with Crippen molar-refractivity contribution in [1.29, 1.82) is 0 Å². The first kappa shape index (κ1) is 19.4. The molecule has 0 aromatic carbocycles. The second kappa shape index (κ2) is 11.6. The molecule has 0 aromatic heterocycles. The molecule has 0 aromatic rings.